The fourth-order valence-electron chi connectivity index (χ4n) is 3.00. The van der Waals surface area contributed by atoms with E-state index in [2.05, 4.69) is 42.1 Å². The minimum absolute atomic E-state index is 0.0817. The number of fused-ring (bicyclic) bond motifs is 3. The summed E-state index contributed by atoms with van der Waals surface area (Å²) in [5, 5.41) is 5.35. The van der Waals surface area contributed by atoms with Gasteiger partial charge in [0, 0.05) is 40.1 Å². The van der Waals surface area contributed by atoms with Crippen LogP contribution in [-0.2, 0) is 11.8 Å². The average molecular weight is 318 g/mol. The topological polar surface area (TPSA) is 34.0 Å². The van der Waals surface area contributed by atoms with Gasteiger partial charge in [-0.2, -0.15) is 0 Å². The maximum absolute atomic E-state index is 12.4. The molecule has 0 radical (unpaired) electrons. The molecule has 24 heavy (non-hydrogen) atoms. The first-order valence-electron chi connectivity index (χ1n) is 8.27. The molecule has 1 N–H and O–H groups in total. The summed E-state index contributed by atoms with van der Waals surface area (Å²) in [4.78, 5) is 12.4. The molecule has 0 unspecified atom stereocenters. The normalized spacial score (nSPS) is 12.4. The van der Waals surface area contributed by atoms with Crippen molar-refractivity contribution in [3.8, 4) is 0 Å². The summed E-state index contributed by atoms with van der Waals surface area (Å²) in [6, 6.07) is 14.4. The van der Waals surface area contributed by atoms with Crippen LogP contribution in [0.15, 0.2) is 66.3 Å². The molecule has 1 amide bonds. The zero-order valence-corrected chi connectivity index (χ0v) is 14.3. The summed E-state index contributed by atoms with van der Waals surface area (Å²) in [6.07, 6.45) is 6.60. The fraction of sp³-hybridized carbons (Fsp3) is 0.190. The molecule has 0 aliphatic heterocycles. The van der Waals surface area contributed by atoms with Gasteiger partial charge in [-0.3, -0.25) is 4.79 Å². The number of hydrogen-bond acceptors (Lipinski definition) is 1. The first-order chi connectivity index (χ1) is 11.7. The van der Waals surface area contributed by atoms with Gasteiger partial charge < -0.3 is 9.88 Å². The Hall–Kier alpha value is -2.81. The van der Waals surface area contributed by atoms with Crippen molar-refractivity contribution < 1.29 is 4.79 Å². The van der Waals surface area contributed by atoms with Gasteiger partial charge >= 0.3 is 0 Å². The summed E-state index contributed by atoms with van der Waals surface area (Å²) in [6.45, 7) is 3.93. The minimum Gasteiger partial charge on any atom is -0.344 e. The van der Waals surface area contributed by atoms with Gasteiger partial charge in [0.15, 0.2) is 0 Å². The van der Waals surface area contributed by atoms with E-state index in [0.29, 0.717) is 5.57 Å². The molecule has 0 aliphatic carbocycles. The Morgan fingerprint density at radius 3 is 2.62 bits per heavy atom. The smallest absolute Gasteiger partial charge is 0.255 e. The summed E-state index contributed by atoms with van der Waals surface area (Å²) in [5.41, 5.74) is 3.84. The van der Waals surface area contributed by atoms with Crippen LogP contribution in [0, 0.1) is 0 Å². The molecule has 0 fully saturated rings. The molecule has 2 aromatic carbocycles. The number of carbonyl (C=O) groups excluding carboxylic acids is 1. The van der Waals surface area contributed by atoms with Crippen molar-refractivity contribution >= 4 is 33.4 Å². The average Bonchev–Trinajstić information content (AvgIpc) is 2.88. The molecule has 0 saturated heterocycles. The lowest BCUT2D eigenvalue weighted by molar-refractivity contribution is -0.112. The van der Waals surface area contributed by atoms with Gasteiger partial charge in [0.2, 0.25) is 0 Å². The molecular weight excluding hydrogens is 296 g/mol. The van der Waals surface area contributed by atoms with Gasteiger partial charge in [0.25, 0.3) is 5.91 Å². The summed E-state index contributed by atoms with van der Waals surface area (Å²) in [5.74, 6) is -0.0817. The number of anilines is 1. The number of para-hydroxylation sites is 1. The zero-order chi connectivity index (χ0) is 17.1. The van der Waals surface area contributed by atoms with E-state index in [1.54, 1.807) is 0 Å². The van der Waals surface area contributed by atoms with E-state index < -0.39 is 0 Å². The van der Waals surface area contributed by atoms with Crippen LogP contribution >= 0.6 is 0 Å². The quantitative estimate of drug-likeness (QED) is 0.522. The van der Waals surface area contributed by atoms with Crippen molar-refractivity contribution in [2.24, 2.45) is 7.05 Å². The van der Waals surface area contributed by atoms with Crippen LogP contribution in [0.3, 0.4) is 0 Å². The molecule has 0 saturated carbocycles. The van der Waals surface area contributed by atoms with Gasteiger partial charge in [0.1, 0.15) is 0 Å². The molecule has 1 heterocycles. The Kier molecular flexibility index (Phi) is 4.52. The number of rotatable bonds is 4. The van der Waals surface area contributed by atoms with Crippen LogP contribution in [0.4, 0.5) is 5.69 Å². The van der Waals surface area contributed by atoms with Crippen LogP contribution in [0.2, 0.25) is 0 Å². The fourth-order valence-corrected chi connectivity index (χ4v) is 3.00. The lowest BCUT2D eigenvalue weighted by Crippen LogP contribution is -2.13. The number of amides is 1. The molecule has 0 aliphatic rings. The van der Waals surface area contributed by atoms with Gasteiger partial charge in [-0.15, -0.1) is 0 Å². The van der Waals surface area contributed by atoms with Crippen LogP contribution in [0.1, 0.15) is 20.3 Å². The Labute approximate surface area is 142 Å². The number of benzene rings is 2. The molecule has 0 atom stereocenters. The van der Waals surface area contributed by atoms with E-state index in [0.717, 1.165) is 23.0 Å². The number of aryl methyl sites for hydroxylation is 1. The Morgan fingerprint density at radius 1 is 1.12 bits per heavy atom. The number of allylic oxidation sites excluding steroid dienone is 2. The second kappa shape index (κ2) is 6.75. The van der Waals surface area contributed by atoms with Crippen molar-refractivity contribution in [2.75, 3.05) is 5.32 Å². The van der Waals surface area contributed by atoms with E-state index >= 15 is 0 Å². The van der Waals surface area contributed by atoms with Crippen molar-refractivity contribution in [3.63, 3.8) is 0 Å². The van der Waals surface area contributed by atoms with Crippen LogP contribution in [0.5, 0.6) is 0 Å². The third-order valence-electron chi connectivity index (χ3n) is 4.28. The highest BCUT2D eigenvalue weighted by atomic mass is 16.1. The molecule has 3 nitrogen and oxygen atoms in total. The highest BCUT2D eigenvalue weighted by Gasteiger charge is 2.10. The number of hydrogen-bond donors (Lipinski definition) is 1. The maximum atomic E-state index is 12.4. The van der Waals surface area contributed by atoms with Gasteiger partial charge in [-0.05, 0) is 37.6 Å². The molecule has 0 spiro atoms. The lowest BCUT2D eigenvalue weighted by atomic mass is 10.1. The van der Waals surface area contributed by atoms with E-state index in [9.17, 15) is 4.79 Å². The van der Waals surface area contributed by atoms with E-state index in [1.165, 1.54) is 10.9 Å². The third-order valence-corrected chi connectivity index (χ3v) is 4.28. The first kappa shape index (κ1) is 16.1. The summed E-state index contributed by atoms with van der Waals surface area (Å²) >= 11 is 0. The van der Waals surface area contributed by atoms with Crippen LogP contribution in [-0.4, -0.2) is 10.5 Å². The maximum Gasteiger partial charge on any atom is 0.255 e. The van der Waals surface area contributed by atoms with Gasteiger partial charge in [-0.25, -0.2) is 0 Å². The highest BCUT2D eigenvalue weighted by Crippen LogP contribution is 2.30. The van der Waals surface area contributed by atoms with E-state index in [-0.39, 0.29) is 5.91 Å². The van der Waals surface area contributed by atoms with Gasteiger partial charge in [0.05, 0.1) is 0 Å². The summed E-state index contributed by atoms with van der Waals surface area (Å²) in [7, 11) is 2.07. The second-order valence-electron chi connectivity index (χ2n) is 5.82. The molecule has 1 aromatic heterocycles. The molecule has 122 valence electrons. The zero-order valence-electron chi connectivity index (χ0n) is 14.3. The predicted molar refractivity (Wildman–Crippen MR) is 102 cm³/mol. The van der Waals surface area contributed by atoms with Gasteiger partial charge in [-0.1, -0.05) is 43.4 Å². The SMILES string of the molecule is C/C=C(\C=C/CC)C(=O)Nc1ccc2c(c1)c1ccccc1n2C. The lowest BCUT2D eigenvalue weighted by Gasteiger charge is -2.06. The molecule has 3 aromatic rings. The van der Waals surface area contributed by atoms with E-state index in [1.807, 2.05) is 49.4 Å². The molecule has 3 rings (SSSR count). The van der Waals surface area contributed by atoms with Crippen LogP contribution in [0.25, 0.3) is 21.8 Å². The van der Waals surface area contributed by atoms with Crippen LogP contribution < -0.4 is 5.32 Å². The second-order valence-corrected chi connectivity index (χ2v) is 5.82. The molecule has 3 heteroatoms. The Balaban J connectivity index is 1.98. The Bertz CT molecular complexity index is 961. The van der Waals surface area contributed by atoms with Crippen molar-refractivity contribution in [2.45, 2.75) is 20.3 Å². The molecular formula is C21H22N2O. The minimum atomic E-state index is -0.0817. The number of carbonyl (C=O) groups is 1. The third kappa shape index (κ3) is 2.85. The van der Waals surface area contributed by atoms with Crippen molar-refractivity contribution in [1.29, 1.82) is 0 Å². The predicted octanol–water partition coefficient (Wildman–Crippen LogP) is 5.18. The molecule has 0 bridgehead atoms. The monoisotopic (exact) mass is 318 g/mol. The number of nitrogens with one attached hydrogen (secondary N) is 1. The van der Waals surface area contributed by atoms with Crippen molar-refractivity contribution in [3.05, 3.63) is 66.3 Å². The van der Waals surface area contributed by atoms with E-state index in [4.69, 9.17) is 0 Å². The largest absolute Gasteiger partial charge is 0.344 e. The summed E-state index contributed by atoms with van der Waals surface area (Å²) < 4.78 is 2.18. The highest BCUT2D eigenvalue weighted by molar-refractivity contribution is 6.11. The van der Waals surface area contributed by atoms with Crippen molar-refractivity contribution in [1.82, 2.24) is 4.57 Å². The Morgan fingerprint density at radius 2 is 1.88 bits per heavy atom. The standard InChI is InChI=1S/C21H22N2O/c1-4-6-9-15(5-2)21(24)22-16-12-13-20-18(14-16)17-10-7-8-11-19(17)23(20)3/h5-14H,4H2,1-3H3,(H,22,24)/b9-6-,15-5+. The number of nitrogens with zero attached hydrogens (tertiary/aromatic N) is 1. The number of aromatic nitrogens is 1. The first-order valence-corrected chi connectivity index (χ1v) is 8.27.